The van der Waals surface area contributed by atoms with E-state index in [-0.39, 0.29) is 24.7 Å². The molecule has 1 unspecified atom stereocenters. The van der Waals surface area contributed by atoms with Crippen molar-refractivity contribution in [1.29, 1.82) is 0 Å². The fraction of sp³-hybridized carbons (Fsp3) is 0.370. The predicted octanol–water partition coefficient (Wildman–Crippen LogP) is 2.28. The lowest BCUT2D eigenvalue weighted by Gasteiger charge is -2.24. The monoisotopic (exact) mass is 589 g/mol. The first-order chi connectivity index (χ1) is 19.5. The molecule has 218 valence electrons. The predicted molar refractivity (Wildman–Crippen MR) is 143 cm³/mol. The van der Waals surface area contributed by atoms with Gasteiger partial charge in [-0.1, -0.05) is 41.1 Å². The molecule has 2 N–H and O–H groups in total. The van der Waals surface area contributed by atoms with Gasteiger partial charge < -0.3 is 24.2 Å². The molecule has 2 heterocycles. The van der Waals surface area contributed by atoms with Crippen molar-refractivity contribution in [2.45, 2.75) is 57.5 Å². The number of nitrogens with one attached hydrogen (secondary N) is 1. The lowest BCUT2D eigenvalue weighted by molar-refractivity contribution is -0.169. The number of hydrogen-bond acceptors (Lipinski definition) is 10. The van der Waals surface area contributed by atoms with Gasteiger partial charge in [0.15, 0.2) is 23.7 Å². The van der Waals surface area contributed by atoms with E-state index >= 15 is 4.39 Å². The molecule has 12 nitrogen and oxygen atoms in total. The number of aromatic amines is 1. The molecular formula is C27H29FN3O9P. The number of ether oxygens (including phenoxy) is 3. The molecule has 4 rings (SSSR count). The van der Waals surface area contributed by atoms with Crippen LogP contribution in [0.3, 0.4) is 0 Å². The van der Waals surface area contributed by atoms with Crippen LogP contribution in [0.2, 0.25) is 0 Å². The van der Waals surface area contributed by atoms with Gasteiger partial charge in [-0.15, -0.1) is 0 Å². The van der Waals surface area contributed by atoms with Crippen molar-refractivity contribution < 1.29 is 37.9 Å². The highest BCUT2D eigenvalue weighted by molar-refractivity contribution is 7.34. The largest absolute Gasteiger partial charge is 0.575 e. The number of aromatic nitrogens is 2. The molecule has 0 radical (unpaired) electrons. The van der Waals surface area contributed by atoms with Crippen molar-refractivity contribution in [3.63, 3.8) is 0 Å². The minimum Gasteiger partial charge on any atom is -0.575 e. The summed E-state index contributed by atoms with van der Waals surface area (Å²) < 4.78 is 42.1. The third kappa shape index (κ3) is 7.25. The van der Waals surface area contributed by atoms with Crippen LogP contribution in [-0.2, 0) is 20.9 Å². The SMILES string of the molecule is Cc1ccc(O/[P+]([O-])=N/[C@@H](C)C(=O)OCc2ccccc2)cc1OC[C@H]1O[C@@H](n2ccc(=O)[nH]c2=O)[C@](C)(F)[C@@H]1O. The molecule has 1 fully saturated rings. The van der Waals surface area contributed by atoms with E-state index in [1.54, 1.807) is 25.1 Å². The maximum atomic E-state index is 15.4. The lowest BCUT2D eigenvalue weighted by Crippen LogP contribution is -2.43. The molecular weight excluding hydrogens is 560 g/mol. The highest BCUT2D eigenvalue weighted by atomic mass is 31.1. The molecule has 0 amide bonds. The molecule has 41 heavy (non-hydrogen) atoms. The molecule has 1 aliphatic rings. The number of aryl methyl sites for hydroxylation is 1. The molecule has 2 aromatic carbocycles. The smallest absolute Gasteiger partial charge is 0.395 e. The Hall–Kier alpha value is -3.90. The van der Waals surface area contributed by atoms with Crippen LogP contribution < -0.4 is 25.4 Å². The summed E-state index contributed by atoms with van der Waals surface area (Å²) in [6.07, 6.45) is -3.27. The minimum absolute atomic E-state index is 0.0547. The highest BCUT2D eigenvalue weighted by Gasteiger charge is 2.55. The van der Waals surface area contributed by atoms with Crippen molar-refractivity contribution >= 4 is 14.1 Å². The molecule has 0 saturated carbocycles. The Morgan fingerprint density at radius 2 is 2.00 bits per heavy atom. The van der Waals surface area contributed by atoms with Gasteiger partial charge in [0.25, 0.3) is 5.56 Å². The Morgan fingerprint density at radius 3 is 2.71 bits per heavy atom. The quantitative estimate of drug-likeness (QED) is 0.267. The molecule has 0 bridgehead atoms. The molecule has 0 aliphatic carbocycles. The van der Waals surface area contributed by atoms with Crippen LogP contribution in [0.1, 0.15) is 31.2 Å². The Bertz CT molecular complexity index is 1530. The normalized spacial score (nSPS) is 23.2. The van der Waals surface area contributed by atoms with E-state index in [2.05, 4.69) is 4.74 Å². The topological polar surface area (TPSA) is 164 Å². The average molecular weight is 590 g/mol. The first kappa shape index (κ1) is 30.1. The van der Waals surface area contributed by atoms with Gasteiger partial charge >= 0.3 is 19.8 Å². The van der Waals surface area contributed by atoms with Gasteiger partial charge in [0.05, 0.1) is 0 Å². The van der Waals surface area contributed by atoms with Gasteiger partial charge in [0.1, 0.15) is 31.2 Å². The zero-order valence-electron chi connectivity index (χ0n) is 22.4. The zero-order chi connectivity index (χ0) is 29.7. The van der Waals surface area contributed by atoms with Crippen molar-refractivity contribution in [3.05, 3.63) is 92.8 Å². The van der Waals surface area contributed by atoms with Crippen LogP contribution >= 0.6 is 8.17 Å². The summed E-state index contributed by atoms with van der Waals surface area (Å²) in [5.41, 5.74) is -2.48. The molecule has 3 aromatic rings. The summed E-state index contributed by atoms with van der Waals surface area (Å²) in [5.74, 6) is -0.269. The first-order valence-corrected chi connectivity index (χ1v) is 13.7. The van der Waals surface area contributed by atoms with Gasteiger partial charge in [-0.2, -0.15) is 0 Å². The molecule has 1 aliphatic heterocycles. The number of halogens is 1. The number of aliphatic hydroxyl groups is 1. The van der Waals surface area contributed by atoms with Gasteiger partial charge in [0, 0.05) is 18.3 Å². The van der Waals surface area contributed by atoms with Crippen LogP contribution in [0, 0.1) is 6.92 Å². The number of rotatable bonds is 10. The van der Waals surface area contributed by atoms with Gasteiger partial charge in [-0.05, 0) is 38.0 Å². The number of alkyl halides is 1. The van der Waals surface area contributed by atoms with Gasteiger partial charge in [0.2, 0.25) is 0 Å². The Kier molecular flexibility index (Phi) is 9.34. The number of H-pyrrole nitrogens is 1. The number of hydrogen-bond donors (Lipinski definition) is 2. The molecule has 1 saturated heterocycles. The third-order valence-corrected chi connectivity index (χ3v) is 7.30. The second-order valence-electron chi connectivity index (χ2n) is 9.59. The van der Waals surface area contributed by atoms with E-state index < -0.39 is 55.5 Å². The lowest BCUT2D eigenvalue weighted by atomic mass is 9.98. The fourth-order valence-corrected chi connectivity index (χ4v) is 4.80. The van der Waals surface area contributed by atoms with Crippen molar-refractivity contribution in [2.75, 3.05) is 6.61 Å². The standard InChI is InChI=1S/C27H29FN3O9P/c1-16-9-10-19(40-41(36)30-17(2)24(34)38-14-18-7-5-4-6-8-18)13-20(16)37-15-21-23(33)27(3,28)25(39-21)31-12-11-22(32)29-26(31)35/h4-13,17,21,23,25,33H,14-15H2,1-3H3,(H,29,32,35)/t17-,21+,23+,25+,27+/m0/s1. The van der Waals surface area contributed by atoms with Crippen LogP contribution in [0.15, 0.2) is 75.1 Å². The van der Waals surface area contributed by atoms with Gasteiger partial charge in [-0.3, -0.25) is 18.9 Å². The maximum Gasteiger partial charge on any atom is 0.395 e. The van der Waals surface area contributed by atoms with E-state index in [0.717, 1.165) is 29.3 Å². The van der Waals surface area contributed by atoms with Gasteiger partial charge in [-0.25, -0.2) is 14.0 Å². The number of esters is 1. The van der Waals surface area contributed by atoms with E-state index in [4.69, 9.17) is 18.7 Å². The number of carbonyl (C=O) groups excluding carboxylic acids is 1. The van der Waals surface area contributed by atoms with E-state index in [1.807, 2.05) is 23.2 Å². The van der Waals surface area contributed by atoms with Crippen LogP contribution in [0.25, 0.3) is 0 Å². The summed E-state index contributed by atoms with van der Waals surface area (Å²) in [6.45, 7) is 3.99. The van der Waals surface area contributed by atoms with E-state index in [9.17, 15) is 24.4 Å². The van der Waals surface area contributed by atoms with Crippen molar-refractivity contribution in [2.24, 2.45) is 4.74 Å². The molecule has 0 spiro atoms. The molecule has 1 aromatic heterocycles. The first-order valence-electron chi connectivity index (χ1n) is 12.6. The highest BCUT2D eigenvalue weighted by Crippen LogP contribution is 2.41. The molecule has 6 atom stereocenters. The summed E-state index contributed by atoms with van der Waals surface area (Å²) in [4.78, 5) is 50.2. The summed E-state index contributed by atoms with van der Waals surface area (Å²) in [6, 6.07) is 13.7. The fourth-order valence-electron chi connectivity index (χ4n) is 4.08. The minimum atomic E-state index is -2.64. The Balaban J connectivity index is 1.37. The number of aliphatic hydroxyl groups excluding tert-OH is 1. The van der Waals surface area contributed by atoms with Crippen LogP contribution in [0.4, 0.5) is 4.39 Å². The van der Waals surface area contributed by atoms with Crippen LogP contribution in [-0.4, -0.2) is 51.2 Å². The average Bonchev–Trinajstić information content (AvgIpc) is 3.15. The second-order valence-corrected chi connectivity index (χ2v) is 10.5. The number of nitrogens with zero attached hydrogens (tertiary/aromatic N) is 2. The Morgan fingerprint density at radius 1 is 1.27 bits per heavy atom. The van der Waals surface area contributed by atoms with Crippen LogP contribution in [0.5, 0.6) is 11.5 Å². The van der Waals surface area contributed by atoms with Crippen molar-refractivity contribution in [1.82, 2.24) is 9.55 Å². The second kappa shape index (κ2) is 12.7. The Labute approximate surface area is 234 Å². The summed E-state index contributed by atoms with van der Waals surface area (Å²) in [7, 11) is -2.64. The third-order valence-electron chi connectivity index (χ3n) is 6.40. The molecule has 14 heteroatoms. The number of benzene rings is 2. The maximum absolute atomic E-state index is 15.4. The van der Waals surface area contributed by atoms with E-state index in [1.165, 1.54) is 19.1 Å². The van der Waals surface area contributed by atoms with E-state index in [0.29, 0.717) is 5.56 Å². The summed E-state index contributed by atoms with van der Waals surface area (Å²) >= 11 is 0. The zero-order valence-corrected chi connectivity index (χ0v) is 23.3. The summed E-state index contributed by atoms with van der Waals surface area (Å²) in [5, 5.41) is 10.6. The van der Waals surface area contributed by atoms with Crippen molar-refractivity contribution in [3.8, 4) is 11.5 Å². The number of carbonyl (C=O) groups is 1.